The summed E-state index contributed by atoms with van der Waals surface area (Å²) in [5.41, 5.74) is 1.70. The molecule has 0 saturated carbocycles. The molecule has 1 amide bonds. The van der Waals surface area contributed by atoms with Gasteiger partial charge in [0.25, 0.3) is 0 Å². The Hall–Kier alpha value is -2.39. The lowest BCUT2D eigenvalue weighted by atomic mass is 9.98. The van der Waals surface area contributed by atoms with Gasteiger partial charge in [-0.05, 0) is 38.8 Å². The predicted octanol–water partition coefficient (Wildman–Crippen LogP) is 2.08. The first-order valence-electron chi connectivity index (χ1n) is 9.19. The van der Waals surface area contributed by atoms with Crippen LogP contribution in [-0.2, 0) is 21.9 Å². The number of benzene rings is 1. The van der Waals surface area contributed by atoms with E-state index in [0.29, 0.717) is 42.2 Å². The van der Waals surface area contributed by atoms with E-state index in [0.717, 1.165) is 0 Å². The number of hydrogen-bond donors (Lipinski definition) is 1. The number of aromatic nitrogens is 2. The number of hydrogen-bond acceptors (Lipinski definition) is 5. The number of nitrogens with one attached hydrogen (secondary N) is 1. The van der Waals surface area contributed by atoms with Crippen molar-refractivity contribution in [3.63, 3.8) is 0 Å². The number of carbonyl (C=O) groups excluding carboxylic acids is 1. The summed E-state index contributed by atoms with van der Waals surface area (Å²) < 4.78 is 34.5. The molecule has 152 valence electrons. The van der Waals surface area contributed by atoms with E-state index in [-0.39, 0.29) is 17.3 Å². The Labute approximate surface area is 165 Å². The molecule has 0 aliphatic carbocycles. The first kappa shape index (κ1) is 20.3. The fourth-order valence-corrected chi connectivity index (χ4v) is 5.50. The first-order chi connectivity index (χ1) is 13.2. The minimum atomic E-state index is -3.70. The van der Waals surface area contributed by atoms with E-state index in [1.165, 1.54) is 4.31 Å². The molecular weight excluding hydrogens is 380 g/mol. The molecule has 1 aromatic carbocycles. The first-order valence-corrected chi connectivity index (χ1v) is 10.6. The summed E-state index contributed by atoms with van der Waals surface area (Å²) in [5.74, 6) is 0.0490. The van der Waals surface area contributed by atoms with Crippen molar-refractivity contribution in [1.82, 2.24) is 14.1 Å². The summed E-state index contributed by atoms with van der Waals surface area (Å²) in [6, 6.07) is 7.10. The van der Waals surface area contributed by atoms with Crippen molar-refractivity contribution in [2.24, 2.45) is 13.0 Å². The number of aryl methyl sites for hydroxylation is 2. The largest absolute Gasteiger partial charge is 0.497 e. The van der Waals surface area contributed by atoms with Gasteiger partial charge in [0.15, 0.2) is 0 Å². The third-order valence-corrected chi connectivity index (χ3v) is 7.25. The number of anilines is 1. The highest BCUT2D eigenvalue weighted by molar-refractivity contribution is 7.89. The van der Waals surface area contributed by atoms with Crippen LogP contribution >= 0.6 is 0 Å². The average molecular weight is 407 g/mol. The van der Waals surface area contributed by atoms with Crippen LogP contribution in [0.4, 0.5) is 5.69 Å². The highest BCUT2D eigenvalue weighted by Gasteiger charge is 2.36. The number of carbonyl (C=O) groups is 1. The van der Waals surface area contributed by atoms with Crippen molar-refractivity contribution in [3.05, 3.63) is 35.7 Å². The molecule has 1 aliphatic heterocycles. The van der Waals surface area contributed by atoms with Crippen LogP contribution < -0.4 is 10.1 Å². The van der Waals surface area contributed by atoms with Gasteiger partial charge in [0, 0.05) is 31.9 Å². The van der Waals surface area contributed by atoms with Gasteiger partial charge in [0.2, 0.25) is 15.9 Å². The second-order valence-corrected chi connectivity index (χ2v) is 8.92. The minimum absolute atomic E-state index is 0.159. The molecule has 28 heavy (non-hydrogen) atoms. The van der Waals surface area contributed by atoms with Crippen molar-refractivity contribution in [3.8, 4) is 5.75 Å². The van der Waals surface area contributed by atoms with Crippen LogP contribution in [0.1, 0.15) is 24.2 Å². The molecule has 1 saturated heterocycles. The van der Waals surface area contributed by atoms with Gasteiger partial charge >= 0.3 is 0 Å². The number of nitrogens with zero attached hydrogens (tertiary/aromatic N) is 3. The molecule has 3 rings (SSSR count). The Morgan fingerprint density at radius 3 is 2.71 bits per heavy atom. The van der Waals surface area contributed by atoms with Gasteiger partial charge in [-0.25, -0.2) is 8.42 Å². The molecule has 0 spiro atoms. The minimum Gasteiger partial charge on any atom is -0.497 e. The third kappa shape index (κ3) is 3.90. The number of amides is 1. The Morgan fingerprint density at radius 1 is 1.32 bits per heavy atom. The molecule has 1 aliphatic rings. The zero-order chi connectivity index (χ0) is 20.5. The summed E-state index contributed by atoms with van der Waals surface area (Å²) in [6.07, 6.45) is 1.28. The normalized spacial score (nSPS) is 18.1. The van der Waals surface area contributed by atoms with Crippen molar-refractivity contribution in [1.29, 1.82) is 0 Å². The monoisotopic (exact) mass is 406 g/mol. The molecule has 1 aromatic heterocycles. The fraction of sp³-hybridized carbons (Fsp3) is 0.474. The SMILES string of the molecule is COc1cccc(NC(=O)[C@@H]2CCCN(S(=O)(=O)c3c(C)nn(C)c3C)C2)c1. The zero-order valence-electron chi connectivity index (χ0n) is 16.6. The van der Waals surface area contributed by atoms with E-state index in [4.69, 9.17) is 4.74 Å². The van der Waals surface area contributed by atoms with E-state index in [1.807, 2.05) is 0 Å². The Balaban J connectivity index is 1.77. The lowest BCUT2D eigenvalue weighted by molar-refractivity contribution is -0.120. The van der Waals surface area contributed by atoms with E-state index >= 15 is 0 Å². The van der Waals surface area contributed by atoms with Gasteiger partial charge in [-0.3, -0.25) is 9.48 Å². The van der Waals surface area contributed by atoms with Gasteiger partial charge in [-0.2, -0.15) is 9.40 Å². The lowest BCUT2D eigenvalue weighted by Crippen LogP contribution is -2.44. The fourth-order valence-electron chi connectivity index (χ4n) is 3.58. The van der Waals surface area contributed by atoms with Crippen LogP contribution in [0.25, 0.3) is 0 Å². The van der Waals surface area contributed by atoms with E-state index < -0.39 is 15.9 Å². The number of sulfonamides is 1. The molecular formula is C19H26N4O4S. The van der Waals surface area contributed by atoms with Crippen LogP contribution in [0, 0.1) is 19.8 Å². The van der Waals surface area contributed by atoms with Crippen LogP contribution in [0.5, 0.6) is 5.75 Å². The number of methoxy groups -OCH3 is 1. The summed E-state index contributed by atoms with van der Waals surface area (Å²) in [5, 5.41) is 7.09. The van der Waals surface area contributed by atoms with Crippen LogP contribution in [0.3, 0.4) is 0 Å². The third-order valence-electron chi connectivity index (χ3n) is 5.13. The van der Waals surface area contributed by atoms with Crippen LogP contribution in [0.15, 0.2) is 29.2 Å². The van der Waals surface area contributed by atoms with Gasteiger partial charge in [-0.1, -0.05) is 6.07 Å². The van der Waals surface area contributed by atoms with Crippen molar-refractivity contribution >= 4 is 21.6 Å². The Morgan fingerprint density at radius 2 is 2.07 bits per heavy atom. The second-order valence-electron chi connectivity index (χ2n) is 7.05. The Bertz CT molecular complexity index is 984. The topological polar surface area (TPSA) is 93.5 Å². The molecule has 8 nitrogen and oxygen atoms in total. The maximum absolute atomic E-state index is 13.2. The number of ether oxygens (including phenoxy) is 1. The maximum atomic E-state index is 13.2. The molecule has 9 heteroatoms. The molecule has 1 atom stereocenters. The van der Waals surface area contributed by atoms with Crippen LogP contribution in [0.2, 0.25) is 0 Å². The molecule has 1 N–H and O–H groups in total. The van der Waals surface area contributed by atoms with Gasteiger partial charge in [0.05, 0.1) is 24.4 Å². The molecule has 0 bridgehead atoms. The second kappa shape index (κ2) is 7.92. The predicted molar refractivity (Wildman–Crippen MR) is 106 cm³/mol. The molecule has 0 unspecified atom stereocenters. The summed E-state index contributed by atoms with van der Waals surface area (Å²) in [6.45, 7) is 3.99. The van der Waals surface area contributed by atoms with E-state index in [9.17, 15) is 13.2 Å². The van der Waals surface area contributed by atoms with Gasteiger partial charge in [-0.15, -0.1) is 0 Å². The molecule has 2 aromatic rings. The van der Waals surface area contributed by atoms with E-state index in [2.05, 4.69) is 10.4 Å². The van der Waals surface area contributed by atoms with Crippen LogP contribution in [-0.4, -0.2) is 48.6 Å². The van der Waals surface area contributed by atoms with E-state index in [1.54, 1.807) is 57.0 Å². The van der Waals surface area contributed by atoms with Crippen molar-refractivity contribution in [2.75, 3.05) is 25.5 Å². The molecule has 2 heterocycles. The summed E-state index contributed by atoms with van der Waals surface area (Å²) in [7, 11) is -0.416. The molecule has 1 fully saturated rings. The number of rotatable bonds is 5. The average Bonchev–Trinajstić information content (AvgIpc) is 2.94. The highest BCUT2D eigenvalue weighted by atomic mass is 32.2. The standard InChI is InChI=1S/C19H26N4O4S/c1-13-18(14(2)22(3)21-13)28(25,26)23-10-6-7-15(12-23)19(24)20-16-8-5-9-17(11-16)27-4/h5,8-9,11,15H,6-7,10,12H2,1-4H3,(H,20,24)/t15-/m1/s1. The van der Waals surface area contributed by atoms with Crippen molar-refractivity contribution < 1.29 is 17.9 Å². The summed E-state index contributed by atoms with van der Waals surface area (Å²) >= 11 is 0. The van der Waals surface area contributed by atoms with Gasteiger partial charge < -0.3 is 10.1 Å². The zero-order valence-corrected chi connectivity index (χ0v) is 17.4. The lowest BCUT2D eigenvalue weighted by Gasteiger charge is -2.31. The molecule has 0 radical (unpaired) electrons. The Kier molecular flexibility index (Phi) is 5.76. The quantitative estimate of drug-likeness (QED) is 0.821. The smallest absolute Gasteiger partial charge is 0.246 e. The summed E-state index contributed by atoms with van der Waals surface area (Å²) in [4.78, 5) is 13.0. The van der Waals surface area contributed by atoms with Gasteiger partial charge in [0.1, 0.15) is 10.6 Å². The highest BCUT2D eigenvalue weighted by Crippen LogP contribution is 2.28. The van der Waals surface area contributed by atoms with Crippen molar-refractivity contribution in [2.45, 2.75) is 31.6 Å². The number of piperidine rings is 1. The maximum Gasteiger partial charge on any atom is 0.246 e.